The fourth-order valence-electron chi connectivity index (χ4n) is 10.3. The van der Waals surface area contributed by atoms with Gasteiger partial charge < -0.3 is 14.2 Å². The van der Waals surface area contributed by atoms with Gasteiger partial charge in [-0.25, -0.2) is 0 Å². The van der Waals surface area contributed by atoms with Gasteiger partial charge in [0.05, 0.1) is 0 Å². The molecular weight excluding hydrogens is 1010 g/mol. The monoisotopic (exact) mass is 1140 g/mol. The van der Waals surface area contributed by atoms with Crippen molar-refractivity contribution in [3.63, 3.8) is 0 Å². The van der Waals surface area contributed by atoms with Gasteiger partial charge in [0.15, 0.2) is 6.10 Å². The van der Waals surface area contributed by atoms with E-state index < -0.39 is 6.10 Å². The average molecular weight is 1140 g/mol. The van der Waals surface area contributed by atoms with Gasteiger partial charge in [0.2, 0.25) is 0 Å². The van der Waals surface area contributed by atoms with Crippen LogP contribution in [0.15, 0.2) is 85.1 Å². The first-order valence-corrected chi connectivity index (χ1v) is 35.6. The molecule has 82 heavy (non-hydrogen) atoms. The van der Waals surface area contributed by atoms with Crippen LogP contribution in [-0.4, -0.2) is 37.2 Å². The predicted octanol–water partition coefficient (Wildman–Crippen LogP) is 24.6. The highest BCUT2D eigenvalue weighted by molar-refractivity contribution is 5.71. The summed E-state index contributed by atoms with van der Waals surface area (Å²) in [4.78, 5) is 38.5. The van der Waals surface area contributed by atoms with Crippen LogP contribution in [0, 0.1) is 0 Å². The standard InChI is InChI=1S/C76H134O6/c1-4-7-10-13-16-19-22-25-28-31-34-36-38-40-42-45-48-51-54-57-60-63-66-69-75(78)81-72-73(71-80-74(77)68-65-62-59-56-53-50-47-44-33-30-27-24-21-18-15-12-9-6-3)82-76(79)70-67-64-61-58-55-52-49-46-43-41-39-37-35-32-29-26-23-20-17-14-11-8-5-2/h7,10,16,19,23,25-26,28,32,34-36,40,42,73H,4-6,8-9,11-15,17-18,20-22,24,27,29-31,33,37-39,41,43-72H2,1-3H3/b10-7-,19-16-,26-23-,28-25-,35-32-,36-34-,42-40-. The zero-order valence-corrected chi connectivity index (χ0v) is 54.5. The van der Waals surface area contributed by atoms with E-state index in [4.69, 9.17) is 14.2 Å². The number of hydrogen-bond acceptors (Lipinski definition) is 6. The van der Waals surface area contributed by atoms with Gasteiger partial charge in [0.25, 0.3) is 0 Å². The normalized spacial score (nSPS) is 12.6. The number of hydrogen-bond donors (Lipinski definition) is 0. The number of carbonyl (C=O) groups excluding carboxylic acids is 3. The molecule has 0 amide bonds. The molecule has 6 nitrogen and oxygen atoms in total. The van der Waals surface area contributed by atoms with Crippen LogP contribution >= 0.6 is 0 Å². The van der Waals surface area contributed by atoms with Gasteiger partial charge in [-0.15, -0.1) is 0 Å². The quantitative estimate of drug-likeness (QED) is 0.0261. The molecule has 0 fully saturated rings. The molecule has 0 aromatic rings. The molecule has 474 valence electrons. The lowest BCUT2D eigenvalue weighted by Gasteiger charge is -2.18. The highest BCUT2D eigenvalue weighted by atomic mass is 16.6. The molecule has 0 rings (SSSR count). The molecule has 0 N–H and O–H groups in total. The van der Waals surface area contributed by atoms with Crippen LogP contribution in [0.25, 0.3) is 0 Å². The molecule has 0 heterocycles. The van der Waals surface area contributed by atoms with Crippen LogP contribution in [0.1, 0.15) is 361 Å². The largest absolute Gasteiger partial charge is 0.462 e. The lowest BCUT2D eigenvalue weighted by molar-refractivity contribution is -0.167. The van der Waals surface area contributed by atoms with E-state index in [0.717, 1.165) is 103 Å². The third-order valence-electron chi connectivity index (χ3n) is 15.6. The van der Waals surface area contributed by atoms with Gasteiger partial charge in [0.1, 0.15) is 13.2 Å². The van der Waals surface area contributed by atoms with E-state index >= 15 is 0 Å². The second-order valence-corrected chi connectivity index (χ2v) is 23.8. The molecular formula is C76H134O6. The summed E-state index contributed by atoms with van der Waals surface area (Å²) in [5.74, 6) is -0.869. The van der Waals surface area contributed by atoms with Crippen molar-refractivity contribution in [3.05, 3.63) is 85.1 Å². The van der Waals surface area contributed by atoms with E-state index in [0.29, 0.717) is 19.3 Å². The molecule has 0 radical (unpaired) electrons. The van der Waals surface area contributed by atoms with E-state index in [2.05, 4.69) is 106 Å². The minimum absolute atomic E-state index is 0.0771. The number of ether oxygens (including phenoxy) is 3. The van der Waals surface area contributed by atoms with E-state index in [1.807, 2.05) is 0 Å². The van der Waals surface area contributed by atoms with Crippen LogP contribution in [0.4, 0.5) is 0 Å². The van der Waals surface area contributed by atoms with Crippen LogP contribution in [0.5, 0.6) is 0 Å². The van der Waals surface area contributed by atoms with Crippen molar-refractivity contribution in [1.82, 2.24) is 0 Å². The Balaban J connectivity index is 4.38. The number of esters is 3. The Morgan fingerprint density at radius 3 is 0.744 bits per heavy atom. The molecule has 0 saturated carbocycles. The summed E-state index contributed by atoms with van der Waals surface area (Å²) >= 11 is 0. The molecule has 0 aliphatic heterocycles. The maximum Gasteiger partial charge on any atom is 0.306 e. The van der Waals surface area contributed by atoms with Crippen LogP contribution in [-0.2, 0) is 28.6 Å². The average Bonchev–Trinajstić information content (AvgIpc) is 3.47. The first-order chi connectivity index (χ1) is 40.5. The van der Waals surface area contributed by atoms with Crippen molar-refractivity contribution in [2.45, 2.75) is 367 Å². The predicted molar refractivity (Wildman–Crippen MR) is 358 cm³/mol. The molecule has 1 atom stereocenters. The Bertz CT molecular complexity index is 1550. The summed E-state index contributed by atoms with van der Waals surface area (Å²) in [5, 5.41) is 0. The molecule has 0 spiro atoms. The van der Waals surface area contributed by atoms with Crippen molar-refractivity contribution in [1.29, 1.82) is 0 Å². The van der Waals surface area contributed by atoms with Crippen LogP contribution in [0.2, 0.25) is 0 Å². The molecule has 6 heteroatoms. The number of allylic oxidation sites excluding steroid dienone is 14. The first kappa shape index (κ1) is 78.6. The first-order valence-electron chi connectivity index (χ1n) is 35.6. The Labute approximate surface area is 509 Å². The Morgan fingerprint density at radius 2 is 0.476 bits per heavy atom. The summed E-state index contributed by atoms with van der Waals surface area (Å²) < 4.78 is 17.0. The SMILES string of the molecule is CC/C=C\C/C=C\C/C=C\C/C=C\C/C=C\CCCCCCCCCC(=O)OCC(COC(=O)CCCCCCCCCCCCCCCCCCCC)OC(=O)CCCCCCCCCCCCC/C=C\C/C=C\CCCCCCC. The van der Waals surface area contributed by atoms with Crippen molar-refractivity contribution in [2.24, 2.45) is 0 Å². The summed E-state index contributed by atoms with van der Waals surface area (Å²) in [6.45, 7) is 6.56. The molecule has 0 aliphatic rings. The molecule has 0 aliphatic carbocycles. The van der Waals surface area contributed by atoms with E-state index in [1.165, 1.54) is 218 Å². The summed E-state index contributed by atoms with van der Waals surface area (Å²) in [6.07, 6.45) is 93.1. The topological polar surface area (TPSA) is 78.9 Å². The number of unbranched alkanes of at least 4 members (excludes halogenated alkanes) is 40. The minimum Gasteiger partial charge on any atom is -0.462 e. The maximum atomic E-state index is 13.0. The second kappa shape index (κ2) is 70.1. The molecule has 0 saturated heterocycles. The molecule has 0 bridgehead atoms. The zero-order chi connectivity index (χ0) is 59.2. The van der Waals surface area contributed by atoms with Crippen LogP contribution < -0.4 is 0 Å². The lowest BCUT2D eigenvalue weighted by atomic mass is 10.0. The van der Waals surface area contributed by atoms with Crippen molar-refractivity contribution in [2.75, 3.05) is 13.2 Å². The van der Waals surface area contributed by atoms with Gasteiger partial charge in [-0.05, 0) is 96.3 Å². The zero-order valence-electron chi connectivity index (χ0n) is 54.5. The number of rotatable bonds is 65. The minimum atomic E-state index is -0.784. The Hall–Kier alpha value is -3.41. The Kier molecular flexibility index (Phi) is 67.2. The fraction of sp³-hybridized carbons (Fsp3) is 0.776. The second-order valence-electron chi connectivity index (χ2n) is 23.8. The lowest BCUT2D eigenvalue weighted by Crippen LogP contribution is -2.30. The third-order valence-corrected chi connectivity index (χ3v) is 15.6. The van der Waals surface area contributed by atoms with Crippen molar-refractivity contribution in [3.8, 4) is 0 Å². The number of carbonyl (C=O) groups is 3. The molecule has 0 aromatic heterocycles. The highest BCUT2D eigenvalue weighted by Gasteiger charge is 2.19. The molecule has 0 aromatic carbocycles. The van der Waals surface area contributed by atoms with Gasteiger partial charge in [0, 0.05) is 19.3 Å². The van der Waals surface area contributed by atoms with E-state index in [-0.39, 0.29) is 31.1 Å². The van der Waals surface area contributed by atoms with Gasteiger partial charge >= 0.3 is 17.9 Å². The van der Waals surface area contributed by atoms with Crippen LogP contribution in [0.3, 0.4) is 0 Å². The Morgan fingerprint density at radius 1 is 0.256 bits per heavy atom. The summed E-state index contributed by atoms with van der Waals surface area (Å²) in [5.41, 5.74) is 0. The smallest absolute Gasteiger partial charge is 0.306 e. The highest BCUT2D eigenvalue weighted by Crippen LogP contribution is 2.18. The van der Waals surface area contributed by atoms with Gasteiger partial charge in [-0.1, -0.05) is 331 Å². The molecule has 1 unspecified atom stereocenters. The van der Waals surface area contributed by atoms with Gasteiger partial charge in [-0.2, -0.15) is 0 Å². The van der Waals surface area contributed by atoms with Crippen molar-refractivity contribution < 1.29 is 28.6 Å². The summed E-state index contributed by atoms with van der Waals surface area (Å²) in [6, 6.07) is 0. The fourth-order valence-corrected chi connectivity index (χ4v) is 10.3. The van der Waals surface area contributed by atoms with Crippen molar-refractivity contribution >= 4 is 17.9 Å². The maximum absolute atomic E-state index is 13.0. The van der Waals surface area contributed by atoms with E-state index in [9.17, 15) is 14.4 Å². The van der Waals surface area contributed by atoms with E-state index in [1.54, 1.807) is 0 Å². The summed E-state index contributed by atoms with van der Waals surface area (Å²) in [7, 11) is 0. The third kappa shape index (κ3) is 67.4. The van der Waals surface area contributed by atoms with Gasteiger partial charge in [-0.3, -0.25) is 14.4 Å².